The van der Waals surface area contributed by atoms with Gasteiger partial charge in [0.1, 0.15) is 16.8 Å². The molecule has 3 rings (SSSR count). The van der Waals surface area contributed by atoms with Crippen molar-refractivity contribution < 1.29 is 8.78 Å². The van der Waals surface area contributed by atoms with Gasteiger partial charge in [-0.25, -0.2) is 18.7 Å². The van der Waals surface area contributed by atoms with E-state index in [4.69, 9.17) is 11.6 Å². The highest BCUT2D eigenvalue weighted by atomic mass is 79.9. The van der Waals surface area contributed by atoms with E-state index >= 15 is 0 Å². The number of fused-ring (bicyclic) bond motifs is 1. The monoisotopic (exact) mass is 368 g/mol. The SMILES string of the molecule is Cc1cccc(-c2nc(Cl)c3cc(Br)c(F)cc3n2)c1F. The van der Waals surface area contributed by atoms with Crippen LogP contribution in [0, 0.1) is 18.6 Å². The molecule has 3 aromatic rings. The maximum atomic E-state index is 14.2. The smallest absolute Gasteiger partial charge is 0.164 e. The Morgan fingerprint density at radius 2 is 1.90 bits per heavy atom. The summed E-state index contributed by atoms with van der Waals surface area (Å²) in [5.74, 6) is -0.742. The lowest BCUT2D eigenvalue weighted by atomic mass is 10.1. The first-order chi connectivity index (χ1) is 9.97. The number of hydrogen-bond acceptors (Lipinski definition) is 2. The van der Waals surface area contributed by atoms with E-state index in [0.717, 1.165) is 0 Å². The summed E-state index contributed by atoms with van der Waals surface area (Å²) < 4.78 is 28.1. The molecule has 2 nitrogen and oxygen atoms in total. The molecule has 21 heavy (non-hydrogen) atoms. The molecule has 0 spiro atoms. The predicted molar refractivity (Wildman–Crippen MR) is 82.3 cm³/mol. The van der Waals surface area contributed by atoms with E-state index in [-0.39, 0.29) is 21.0 Å². The van der Waals surface area contributed by atoms with Gasteiger partial charge in [-0.05, 0) is 40.5 Å². The van der Waals surface area contributed by atoms with Gasteiger partial charge in [0.15, 0.2) is 5.82 Å². The highest BCUT2D eigenvalue weighted by Crippen LogP contribution is 2.30. The van der Waals surface area contributed by atoms with Crippen LogP contribution in [0.2, 0.25) is 5.15 Å². The number of aryl methyl sites for hydroxylation is 1. The van der Waals surface area contributed by atoms with E-state index in [1.807, 2.05) is 0 Å². The minimum Gasteiger partial charge on any atom is -0.228 e. The van der Waals surface area contributed by atoms with Crippen molar-refractivity contribution in [2.45, 2.75) is 6.92 Å². The van der Waals surface area contributed by atoms with Gasteiger partial charge in [0, 0.05) is 11.5 Å². The molecule has 0 bridgehead atoms. The zero-order chi connectivity index (χ0) is 15.1. The van der Waals surface area contributed by atoms with Crippen LogP contribution in [0.1, 0.15) is 5.56 Å². The van der Waals surface area contributed by atoms with Gasteiger partial charge >= 0.3 is 0 Å². The number of halogens is 4. The number of aromatic nitrogens is 2. The normalized spacial score (nSPS) is 11.1. The van der Waals surface area contributed by atoms with Crippen molar-refractivity contribution in [1.29, 1.82) is 0 Å². The number of hydrogen-bond donors (Lipinski definition) is 0. The molecule has 106 valence electrons. The highest BCUT2D eigenvalue weighted by molar-refractivity contribution is 9.10. The van der Waals surface area contributed by atoms with Crippen molar-refractivity contribution in [3.8, 4) is 11.4 Å². The fourth-order valence-electron chi connectivity index (χ4n) is 2.03. The molecule has 0 radical (unpaired) electrons. The molecule has 6 heteroatoms. The summed E-state index contributed by atoms with van der Waals surface area (Å²) in [7, 11) is 0. The maximum Gasteiger partial charge on any atom is 0.164 e. The first-order valence-corrected chi connectivity index (χ1v) is 7.22. The largest absolute Gasteiger partial charge is 0.228 e. The highest BCUT2D eigenvalue weighted by Gasteiger charge is 2.14. The second-order valence-electron chi connectivity index (χ2n) is 4.56. The summed E-state index contributed by atoms with van der Waals surface area (Å²) in [5.41, 5.74) is 1.04. The lowest BCUT2D eigenvalue weighted by Gasteiger charge is -2.07. The molecule has 0 aliphatic carbocycles. The van der Waals surface area contributed by atoms with Crippen molar-refractivity contribution in [2.75, 3.05) is 0 Å². The third kappa shape index (κ3) is 2.51. The first-order valence-electron chi connectivity index (χ1n) is 6.05. The molecule has 0 aliphatic rings. The van der Waals surface area contributed by atoms with Crippen LogP contribution >= 0.6 is 27.5 Å². The molecule has 0 N–H and O–H groups in total. The Bertz CT molecular complexity index is 868. The summed E-state index contributed by atoms with van der Waals surface area (Å²) >= 11 is 9.20. The Hall–Kier alpha value is -1.59. The van der Waals surface area contributed by atoms with Gasteiger partial charge in [0.05, 0.1) is 15.6 Å². The average Bonchev–Trinajstić information content (AvgIpc) is 2.44. The van der Waals surface area contributed by atoms with Gasteiger partial charge in [-0.2, -0.15) is 0 Å². The van der Waals surface area contributed by atoms with Crippen molar-refractivity contribution in [3.05, 3.63) is 57.2 Å². The van der Waals surface area contributed by atoms with Crippen molar-refractivity contribution in [1.82, 2.24) is 9.97 Å². The van der Waals surface area contributed by atoms with Crippen molar-refractivity contribution in [3.63, 3.8) is 0 Å². The molecule has 2 aromatic carbocycles. The Balaban J connectivity index is 2.30. The fraction of sp³-hybridized carbons (Fsp3) is 0.0667. The molecular weight excluding hydrogens is 362 g/mol. The van der Waals surface area contributed by atoms with Gasteiger partial charge < -0.3 is 0 Å². The summed E-state index contributed by atoms with van der Waals surface area (Å²) in [6, 6.07) is 7.66. The zero-order valence-corrected chi connectivity index (χ0v) is 13.1. The number of nitrogens with zero attached hydrogens (tertiary/aromatic N) is 2. The molecule has 1 heterocycles. The summed E-state index contributed by atoms with van der Waals surface area (Å²) in [4.78, 5) is 8.33. The molecule has 0 saturated carbocycles. The second-order valence-corrected chi connectivity index (χ2v) is 5.77. The molecular formula is C15H8BrClF2N2. The maximum absolute atomic E-state index is 14.2. The fourth-order valence-corrected chi connectivity index (χ4v) is 2.60. The standard InChI is InChI=1S/C15H8BrClF2N2/c1-7-3-2-4-8(13(7)19)15-20-12-6-11(18)10(16)5-9(12)14(17)21-15/h2-6H,1H3. The van der Waals surface area contributed by atoms with Gasteiger partial charge in [0.25, 0.3) is 0 Å². The quantitative estimate of drug-likeness (QED) is 0.544. The van der Waals surface area contributed by atoms with Crippen LogP contribution in [0.5, 0.6) is 0 Å². The van der Waals surface area contributed by atoms with E-state index in [1.165, 1.54) is 12.1 Å². The molecule has 0 saturated heterocycles. The molecule has 0 fully saturated rings. The van der Waals surface area contributed by atoms with E-state index < -0.39 is 11.6 Å². The molecule has 1 aromatic heterocycles. The molecule has 0 amide bonds. The minimum absolute atomic E-state index is 0.135. The van der Waals surface area contributed by atoms with Crippen LogP contribution in [0.15, 0.2) is 34.8 Å². The van der Waals surface area contributed by atoms with Crippen LogP contribution in [0.4, 0.5) is 8.78 Å². The van der Waals surface area contributed by atoms with Crippen LogP contribution in [-0.2, 0) is 0 Å². The minimum atomic E-state index is -0.465. The zero-order valence-electron chi connectivity index (χ0n) is 10.8. The van der Waals surface area contributed by atoms with E-state index in [1.54, 1.807) is 25.1 Å². The Kier molecular flexibility index (Phi) is 3.63. The van der Waals surface area contributed by atoms with Gasteiger partial charge in [0.2, 0.25) is 0 Å². The van der Waals surface area contributed by atoms with Crippen molar-refractivity contribution >= 4 is 38.4 Å². The third-order valence-corrected chi connectivity index (χ3v) is 4.02. The average molecular weight is 370 g/mol. The van der Waals surface area contributed by atoms with Gasteiger partial charge in [-0.3, -0.25) is 0 Å². The van der Waals surface area contributed by atoms with Crippen LogP contribution in [0.3, 0.4) is 0 Å². The van der Waals surface area contributed by atoms with E-state index in [9.17, 15) is 8.78 Å². The van der Waals surface area contributed by atoms with E-state index in [2.05, 4.69) is 25.9 Å². The topological polar surface area (TPSA) is 25.8 Å². The lowest BCUT2D eigenvalue weighted by Crippen LogP contribution is -1.96. The Morgan fingerprint density at radius 1 is 1.14 bits per heavy atom. The Labute approximate surface area is 132 Å². The molecule has 0 atom stereocenters. The predicted octanol–water partition coefficient (Wildman–Crippen LogP) is 5.30. The Morgan fingerprint density at radius 3 is 2.67 bits per heavy atom. The van der Waals surface area contributed by atoms with Gasteiger partial charge in [-0.15, -0.1) is 0 Å². The number of rotatable bonds is 1. The van der Waals surface area contributed by atoms with Crippen LogP contribution in [0.25, 0.3) is 22.3 Å². The summed E-state index contributed by atoms with van der Waals surface area (Å²) in [6.45, 7) is 1.65. The van der Waals surface area contributed by atoms with Crippen LogP contribution < -0.4 is 0 Å². The lowest BCUT2D eigenvalue weighted by molar-refractivity contribution is 0.620. The second kappa shape index (κ2) is 5.31. The van der Waals surface area contributed by atoms with Crippen molar-refractivity contribution in [2.24, 2.45) is 0 Å². The molecule has 0 aliphatic heterocycles. The first kappa shape index (κ1) is 14.4. The third-order valence-electron chi connectivity index (χ3n) is 3.12. The molecule has 0 unspecified atom stereocenters. The summed E-state index contributed by atoms with van der Waals surface area (Å²) in [5, 5.41) is 0.651. The number of benzene rings is 2. The summed E-state index contributed by atoms with van der Waals surface area (Å²) in [6.07, 6.45) is 0. The van der Waals surface area contributed by atoms with E-state index in [0.29, 0.717) is 16.5 Å². The van der Waals surface area contributed by atoms with Gasteiger partial charge in [-0.1, -0.05) is 23.7 Å². The van der Waals surface area contributed by atoms with Crippen LogP contribution in [-0.4, -0.2) is 9.97 Å².